The molecule has 5 heteroatoms. The zero-order chi connectivity index (χ0) is 12.8. The summed E-state index contributed by atoms with van der Waals surface area (Å²) < 4.78 is 2.06. The Hall–Kier alpha value is -0.910. The molecule has 0 radical (unpaired) electrons. The van der Waals surface area contributed by atoms with Crippen molar-refractivity contribution in [3.8, 4) is 0 Å². The highest BCUT2D eigenvalue weighted by Gasteiger charge is 2.17. The Bertz CT molecular complexity index is 347. The van der Waals surface area contributed by atoms with E-state index in [0.29, 0.717) is 6.04 Å². The second-order valence-electron chi connectivity index (χ2n) is 5.02. The fourth-order valence-corrected chi connectivity index (χ4v) is 2.56. The number of nitrogens with zero attached hydrogens (tertiary/aromatic N) is 3. The van der Waals surface area contributed by atoms with Crippen molar-refractivity contribution in [2.45, 2.75) is 25.3 Å². The molecule has 18 heavy (non-hydrogen) atoms. The van der Waals surface area contributed by atoms with Gasteiger partial charge in [0.2, 0.25) is 0 Å². The number of imidazole rings is 1. The van der Waals surface area contributed by atoms with Crippen LogP contribution in [-0.2, 0) is 13.5 Å². The Balaban J connectivity index is 1.79. The number of rotatable bonds is 7. The lowest BCUT2D eigenvalue weighted by molar-refractivity contribution is 0.185. The predicted octanol–water partition coefficient (Wildman–Crippen LogP) is 0.00890. The van der Waals surface area contributed by atoms with Crippen LogP contribution in [0.25, 0.3) is 0 Å². The van der Waals surface area contributed by atoms with Crippen molar-refractivity contribution in [1.82, 2.24) is 19.8 Å². The zero-order valence-electron chi connectivity index (χ0n) is 11.2. The van der Waals surface area contributed by atoms with Gasteiger partial charge in [0.25, 0.3) is 0 Å². The van der Waals surface area contributed by atoms with Crippen LogP contribution in [0.2, 0.25) is 0 Å². The normalized spacial score (nSPS) is 19.8. The third-order valence-corrected chi connectivity index (χ3v) is 3.63. The van der Waals surface area contributed by atoms with Gasteiger partial charge in [-0.15, -0.1) is 0 Å². The average molecular weight is 252 g/mol. The van der Waals surface area contributed by atoms with E-state index < -0.39 is 0 Å². The Kier molecular flexibility index (Phi) is 5.16. The highest BCUT2D eigenvalue weighted by molar-refractivity contribution is 4.92. The van der Waals surface area contributed by atoms with E-state index in [2.05, 4.69) is 19.8 Å². The average Bonchev–Trinajstić information content (AvgIpc) is 2.98. The summed E-state index contributed by atoms with van der Waals surface area (Å²) in [5, 5.41) is 12.6. The zero-order valence-corrected chi connectivity index (χ0v) is 11.2. The lowest BCUT2D eigenvalue weighted by Crippen LogP contribution is -2.40. The predicted molar refractivity (Wildman–Crippen MR) is 71.5 cm³/mol. The van der Waals surface area contributed by atoms with Gasteiger partial charge in [0.15, 0.2) is 0 Å². The van der Waals surface area contributed by atoms with Crippen LogP contribution < -0.4 is 5.32 Å². The first-order valence-electron chi connectivity index (χ1n) is 6.82. The van der Waals surface area contributed by atoms with E-state index in [4.69, 9.17) is 5.11 Å². The largest absolute Gasteiger partial charge is 0.395 e. The standard InChI is InChI=1S/C13H24N4O/c1-16-8-6-15-13(16)4-7-17(9-10-18)11-12-3-2-5-14-12/h6,8,12,14,18H,2-5,7,9-11H2,1H3. The number of aliphatic hydroxyl groups excluding tert-OH is 1. The van der Waals surface area contributed by atoms with E-state index in [9.17, 15) is 0 Å². The summed E-state index contributed by atoms with van der Waals surface area (Å²) in [6.07, 6.45) is 7.28. The first-order chi connectivity index (χ1) is 8.79. The molecule has 1 aromatic heterocycles. The number of aromatic nitrogens is 2. The van der Waals surface area contributed by atoms with Gasteiger partial charge in [-0.1, -0.05) is 0 Å². The second-order valence-corrected chi connectivity index (χ2v) is 5.02. The van der Waals surface area contributed by atoms with Gasteiger partial charge in [0.05, 0.1) is 6.61 Å². The summed E-state index contributed by atoms with van der Waals surface area (Å²) in [4.78, 5) is 6.67. The number of aryl methyl sites for hydroxylation is 1. The maximum absolute atomic E-state index is 9.14. The van der Waals surface area contributed by atoms with E-state index in [1.165, 1.54) is 12.8 Å². The highest BCUT2D eigenvalue weighted by Crippen LogP contribution is 2.07. The quantitative estimate of drug-likeness (QED) is 0.718. The maximum atomic E-state index is 9.14. The van der Waals surface area contributed by atoms with Gasteiger partial charge in [-0.2, -0.15) is 0 Å². The van der Waals surface area contributed by atoms with Crippen LogP contribution in [-0.4, -0.2) is 58.4 Å². The molecule has 1 fully saturated rings. The number of aliphatic hydroxyl groups is 1. The van der Waals surface area contributed by atoms with E-state index in [0.717, 1.165) is 38.4 Å². The molecular formula is C13H24N4O. The third-order valence-electron chi connectivity index (χ3n) is 3.63. The minimum Gasteiger partial charge on any atom is -0.395 e. The van der Waals surface area contributed by atoms with Crippen LogP contribution in [0.5, 0.6) is 0 Å². The van der Waals surface area contributed by atoms with Gasteiger partial charge in [0.1, 0.15) is 5.82 Å². The number of hydrogen-bond donors (Lipinski definition) is 2. The molecule has 2 rings (SSSR count). The van der Waals surface area contributed by atoms with Crippen LogP contribution in [0, 0.1) is 0 Å². The van der Waals surface area contributed by atoms with Gasteiger partial charge in [-0.25, -0.2) is 4.98 Å². The maximum Gasteiger partial charge on any atom is 0.109 e. The molecule has 0 aromatic carbocycles. The van der Waals surface area contributed by atoms with E-state index in [-0.39, 0.29) is 6.61 Å². The molecule has 0 saturated carbocycles. The lowest BCUT2D eigenvalue weighted by Gasteiger charge is -2.24. The molecule has 0 amide bonds. The molecule has 102 valence electrons. The smallest absolute Gasteiger partial charge is 0.109 e. The van der Waals surface area contributed by atoms with E-state index in [1.54, 1.807) is 0 Å². The van der Waals surface area contributed by atoms with Crippen molar-refractivity contribution < 1.29 is 5.11 Å². The van der Waals surface area contributed by atoms with Crippen LogP contribution in [0.3, 0.4) is 0 Å². The molecule has 5 nitrogen and oxygen atoms in total. The van der Waals surface area contributed by atoms with Crippen LogP contribution >= 0.6 is 0 Å². The van der Waals surface area contributed by atoms with Crippen LogP contribution in [0.4, 0.5) is 0 Å². The van der Waals surface area contributed by atoms with E-state index >= 15 is 0 Å². The van der Waals surface area contributed by atoms with Gasteiger partial charge in [-0.05, 0) is 19.4 Å². The van der Waals surface area contributed by atoms with E-state index in [1.807, 2.05) is 19.4 Å². The summed E-state index contributed by atoms with van der Waals surface area (Å²) in [7, 11) is 2.03. The molecule has 1 unspecified atom stereocenters. The number of hydrogen-bond acceptors (Lipinski definition) is 4. The minimum atomic E-state index is 0.229. The third kappa shape index (κ3) is 3.80. The van der Waals surface area contributed by atoms with Crippen molar-refractivity contribution in [1.29, 1.82) is 0 Å². The molecule has 2 heterocycles. The molecular weight excluding hydrogens is 228 g/mol. The summed E-state index contributed by atoms with van der Waals surface area (Å²) in [6.45, 7) is 4.11. The Labute approximate surface area is 109 Å². The lowest BCUT2D eigenvalue weighted by atomic mass is 10.2. The molecule has 1 aromatic rings. The Morgan fingerprint density at radius 3 is 3.06 bits per heavy atom. The van der Waals surface area contributed by atoms with Gasteiger partial charge in [-0.3, -0.25) is 4.90 Å². The monoisotopic (exact) mass is 252 g/mol. The number of nitrogens with one attached hydrogen (secondary N) is 1. The van der Waals surface area contributed by atoms with Gasteiger partial charge >= 0.3 is 0 Å². The molecule has 0 aliphatic carbocycles. The molecule has 1 saturated heterocycles. The Morgan fingerprint density at radius 1 is 1.56 bits per heavy atom. The summed E-state index contributed by atoms with van der Waals surface area (Å²) in [5.41, 5.74) is 0. The van der Waals surface area contributed by atoms with Crippen molar-refractivity contribution in [2.75, 3.05) is 32.8 Å². The molecule has 0 spiro atoms. The summed E-state index contributed by atoms with van der Waals surface area (Å²) in [5.74, 6) is 1.11. The summed E-state index contributed by atoms with van der Waals surface area (Å²) in [6, 6.07) is 0.595. The van der Waals surface area contributed by atoms with Gasteiger partial charge < -0.3 is 15.0 Å². The highest BCUT2D eigenvalue weighted by atomic mass is 16.3. The Morgan fingerprint density at radius 2 is 2.44 bits per heavy atom. The van der Waals surface area contributed by atoms with Crippen molar-refractivity contribution in [3.05, 3.63) is 18.2 Å². The minimum absolute atomic E-state index is 0.229. The van der Waals surface area contributed by atoms with Crippen molar-refractivity contribution >= 4 is 0 Å². The van der Waals surface area contributed by atoms with Crippen molar-refractivity contribution in [2.24, 2.45) is 7.05 Å². The first kappa shape index (κ1) is 13.5. The second kappa shape index (κ2) is 6.87. The SMILES string of the molecule is Cn1ccnc1CCN(CCO)CC1CCCN1. The van der Waals surface area contributed by atoms with Crippen LogP contribution in [0.15, 0.2) is 12.4 Å². The van der Waals surface area contributed by atoms with Crippen LogP contribution in [0.1, 0.15) is 18.7 Å². The molecule has 1 aliphatic rings. The first-order valence-corrected chi connectivity index (χ1v) is 6.82. The summed E-state index contributed by atoms with van der Waals surface area (Å²) >= 11 is 0. The molecule has 2 N–H and O–H groups in total. The topological polar surface area (TPSA) is 53.3 Å². The van der Waals surface area contributed by atoms with Crippen molar-refractivity contribution in [3.63, 3.8) is 0 Å². The fourth-order valence-electron chi connectivity index (χ4n) is 2.56. The molecule has 1 atom stereocenters. The fraction of sp³-hybridized carbons (Fsp3) is 0.769. The molecule has 0 bridgehead atoms. The van der Waals surface area contributed by atoms with Gasteiger partial charge in [0, 0.05) is 51.5 Å². The molecule has 1 aliphatic heterocycles.